The fourth-order valence-electron chi connectivity index (χ4n) is 3.49. The van der Waals surface area contributed by atoms with E-state index in [0.717, 1.165) is 28.0 Å². The third-order valence-electron chi connectivity index (χ3n) is 4.73. The normalized spacial score (nSPS) is 16.3. The van der Waals surface area contributed by atoms with Gasteiger partial charge in [-0.15, -0.1) is 0 Å². The number of amidine groups is 1. The average Bonchev–Trinajstić information content (AvgIpc) is 3.31. The first-order valence-corrected chi connectivity index (χ1v) is 9.75. The molecule has 2 aromatic carbocycles. The lowest BCUT2D eigenvalue weighted by Crippen LogP contribution is -2.50. The molecule has 0 aromatic heterocycles. The van der Waals surface area contributed by atoms with E-state index in [1.165, 1.54) is 11.8 Å². The average molecular weight is 381 g/mol. The van der Waals surface area contributed by atoms with Gasteiger partial charge in [0.25, 0.3) is 5.91 Å². The van der Waals surface area contributed by atoms with Crippen molar-refractivity contribution in [2.45, 2.75) is 12.0 Å². The number of carbonyl (C=O) groups excluding carboxylic acids is 2. The smallest absolute Gasteiger partial charge is 0.250 e. The fraction of sp³-hybridized carbons (Fsp3) is 0.250. The highest BCUT2D eigenvalue weighted by atomic mass is 32.2. The number of hydrogen-bond donors (Lipinski definition) is 3. The van der Waals surface area contributed by atoms with Gasteiger partial charge in [0.05, 0.1) is 19.1 Å². The molecule has 0 bridgehead atoms. The lowest BCUT2D eigenvalue weighted by Gasteiger charge is -2.19. The van der Waals surface area contributed by atoms with Gasteiger partial charge < -0.3 is 15.7 Å². The Morgan fingerprint density at radius 3 is 2.30 bits per heavy atom. The maximum atomic E-state index is 13.0. The first-order chi connectivity index (χ1) is 13.2. The predicted octanol–water partition coefficient (Wildman–Crippen LogP) is 1.50. The number of amides is 2. The van der Waals surface area contributed by atoms with Crippen molar-refractivity contribution in [3.05, 3.63) is 59.7 Å². The first kappa shape index (κ1) is 17.8. The van der Waals surface area contributed by atoms with E-state index in [2.05, 4.69) is 15.6 Å². The number of nitrogens with one attached hydrogen (secondary N) is 2. The van der Waals surface area contributed by atoms with Crippen molar-refractivity contribution in [1.82, 2.24) is 10.6 Å². The Morgan fingerprint density at radius 1 is 1.11 bits per heavy atom. The number of carbonyl (C=O) groups is 2. The Labute approximate surface area is 161 Å². The third kappa shape index (κ3) is 3.36. The molecule has 0 saturated carbocycles. The molecule has 0 unspecified atom stereocenters. The molecule has 4 rings (SSSR count). The lowest BCUT2D eigenvalue weighted by molar-refractivity contribution is -0.129. The van der Waals surface area contributed by atoms with Crippen molar-refractivity contribution < 1.29 is 14.7 Å². The number of rotatable bonds is 4. The van der Waals surface area contributed by atoms with E-state index in [1.54, 1.807) is 0 Å². The summed E-state index contributed by atoms with van der Waals surface area (Å²) in [4.78, 5) is 29.6. The van der Waals surface area contributed by atoms with E-state index in [4.69, 9.17) is 0 Å². The molecule has 0 saturated heterocycles. The number of aliphatic imine (C=N–C) groups is 1. The number of nitrogens with zero attached hydrogens (tertiary/aromatic N) is 1. The second-order valence-corrected chi connectivity index (χ2v) is 7.46. The van der Waals surface area contributed by atoms with Crippen LogP contribution in [0.25, 0.3) is 11.1 Å². The molecular formula is C20H19N3O3S. The van der Waals surface area contributed by atoms with Crippen molar-refractivity contribution in [3.8, 4) is 11.1 Å². The molecule has 1 atom stereocenters. The fourth-order valence-corrected chi connectivity index (χ4v) is 4.22. The van der Waals surface area contributed by atoms with Gasteiger partial charge in [0.2, 0.25) is 5.91 Å². The number of benzene rings is 2. The maximum Gasteiger partial charge on any atom is 0.250 e. The van der Waals surface area contributed by atoms with Crippen LogP contribution in [-0.2, 0) is 9.59 Å². The van der Waals surface area contributed by atoms with Crippen LogP contribution in [0.15, 0.2) is 53.5 Å². The molecule has 6 nitrogen and oxygen atoms in total. The zero-order valence-electron chi connectivity index (χ0n) is 14.5. The Bertz CT molecular complexity index is 883. The molecule has 2 amide bonds. The lowest BCUT2D eigenvalue weighted by atomic mass is 9.95. The summed E-state index contributed by atoms with van der Waals surface area (Å²) in [5.41, 5.74) is 3.86. The largest absolute Gasteiger partial charge is 0.394 e. The number of hydrogen-bond acceptors (Lipinski definition) is 5. The summed E-state index contributed by atoms with van der Waals surface area (Å²) in [6, 6.07) is 14.5. The predicted molar refractivity (Wildman–Crippen MR) is 106 cm³/mol. The maximum absolute atomic E-state index is 13.0. The summed E-state index contributed by atoms with van der Waals surface area (Å²) in [6.45, 7) is 0.178. The van der Waals surface area contributed by atoms with Crippen molar-refractivity contribution in [3.63, 3.8) is 0 Å². The zero-order valence-corrected chi connectivity index (χ0v) is 15.3. The van der Waals surface area contributed by atoms with Crippen LogP contribution < -0.4 is 10.6 Å². The van der Waals surface area contributed by atoms with Gasteiger partial charge in [-0.05, 0) is 22.3 Å². The van der Waals surface area contributed by atoms with E-state index < -0.39 is 24.5 Å². The van der Waals surface area contributed by atoms with E-state index in [0.29, 0.717) is 11.7 Å². The molecular weight excluding hydrogens is 362 g/mol. The molecule has 0 spiro atoms. The van der Waals surface area contributed by atoms with E-state index in [9.17, 15) is 14.7 Å². The highest BCUT2D eigenvalue weighted by Gasteiger charge is 2.35. The van der Waals surface area contributed by atoms with E-state index in [-0.39, 0.29) is 5.91 Å². The molecule has 1 aliphatic heterocycles. The van der Waals surface area contributed by atoms with Gasteiger partial charge in [-0.2, -0.15) is 0 Å². The van der Waals surface area contributed by atoms with E-state index >= 15 is 0 Å². The molecule has 138 valence electrons. The summed E-state index contributed by atoms with van der Waals surface area (Å²) in [7, 11) is 0. The van der Waals surface area contributed by atoms with Crippen LogP contribution in [0.2, 0.25) is 0 Å². The second kappa shape index (κ2) is 7.54. The second-order valence-electron chi connectivity index (χ2n) is 6.38. The Hall–Kier alpha value is -2.64. The standard InChI is InChI=1S/C20H19N3O3S/c24-11-16(18(25)23-20-21-9-10-27-20)22-19(26)17-14-7-3-1-5-12(14)13-6-2-4-8-15(13)17/h1-8,16-17,24H,9-11H2,(H,22,26)(H,21,23,25)/t16-/m0/s1. The third-order valence-corrected chi connectivity index (χ3v) is 5.62. The molecule has 3 N–H and O–H groups in total. The van der Waals surface area contributed by atoms with Gasteiger partial charge in [0, 0.05) is 5.75 Å². The van der Waals surface area contributed by atoms with Crippen LogP contribution in [-0.4, -0.2) is 47.0 Å². The minimum atomic E-state index is -1.03. The number of aliphatic hydroxyl groups is 1. The highest BCUT2D eigenvalue weighted by Crippen LogP contribution is 2.44. The number of aliphatic hydroxyl groups excluding tert-OH is 1. The van der Waals surface area contributed by atoms with Gasteiger partial charge in [0.1, 0.15) is 6.04 Å². The molecule has 27 heavy (non-hydrogen) atoms. The summed E-state index contributed by atoms with van der Waals surface area (Å²) >= 11 is 1.45. The van der Waals surface area contributed by atoms with Gasteiger partial charge >= 0.3 is 0 Å². The number of fused-ring (bicyclic) bond motifs is 3. The van der Waals surface area contributed by atoms with E-state index in [1.807, 2.05) is 48.5 Å². The summed E-state index contributed by atoms with van der Waals surface area (Å²) in [5, 5.41) is 15.5. The summed E-state index contributed by atoms with van der Waals surface area (Å²) < 4.78 is 0. The van der Waals surface area contributed by atoms with Crippen LogP contribution in [0.5, 0.6) is 0 Å². The van der Waals surface area contributed by atoms with Crippen LogP contribution in [0.4, 0.5) is 0 Å². The molecule has 1 heterocycles. The minimum Gasteiger partial charge on any atom is -0.394 e. The minimum absolute atomic E-state index is 0.303. The molecule has 2 aromatic rings. The van der Waals surface area contributed by atoms with Crippen LogP contribution >= 0.6 is 11.8 Å². The monoisotopic (exact) mass is 381 g/mol. The molecule has 7 heteroatoms. The van der Waals surface area contributed by atoms with Crippen molar-refractivity contribution >= 4 is 28.7 Å². The Morgan fingerprint density at radius 2 is 1.74 bits per heavy atom. The summed E-state index contributed by atoms with van der Waals surface area (Å²) in [5.74, 6) is -0.444. The van der Waals surface area contributed by atoms with Gasteiger partial charge in [0.15, 0.2) is 5.17 Å². The molecule has 0 fully saturated rings. The Balaban J connectivity index is 1.56. The number of thioether (sulfide) groups is 1. The molecule has 0 radical (unpaired) electrons. The summed E-state index contributed by atoms with van der Waals surface area (Å²) in [6.07, 6.45) is 0. The van der Waals surface area contributed by atoms with Gasteiger partial charge in [-0.3, -0.25) is 14.6 Å². The molecule has 2 aliphatic rings. The quantitative estimate of drug-likeness (QED) is 0.749. The highest BCUT2D eigenvalue weighted by molar-refractivity contribution is 8.14. The van der Waals surface area contributed by atoms with Crippen LogP contribution in [0, 0.1) is 0 Å². The first-order valence-electron chi connectivity index (χ1n) is 8.76. The SMILES string of the molecule is O=C(N[C@@H](CO)C(=O)NC1=NCCS1)C1c2ccccc2-c2ccccc21. The van der Waals surface area contributed by atoms with Crippen molar-refractivity contribution in [2.24, 2.45) is 4.99 Å². The van der Waals surface area contributed by atoms with Crippen LogP contribution in [0.1, 0.15) is 17.0 Å². The van der Waals surface area contributed by atoms with Crippen molar-refractivity contribution in [1.29, 1.82) is 0 Å². The van der Waals surface area contributed by atoms with Crippen molar-refractivity contribution in [2.75, 3.05) is 18.9 Å². The van der Waals surface area contributed by atoms with Gasteiger partial charge in [-0.25, -0.2) is 0 Å². The molecule has 1 aliphatic carbocycles. The van der Waals surface area contributed by atoms with Crippen LogP contribution in [0.3, 0.4) is 0 Å². The Kier molecular flexibility index (Phi) is 4.96. The zero-order chi connectivity index (χ0) is 18.8. The van der Waals surface area contributed by atoms with Gasteiger partial charge in [-0.1, -0.05) is 60.3 Å². The topological polar surface area (TPSA) is 90.8 Å².